The van der Waals surface area contributed by atoms with E-state index in [0.29, 0.717) is 41.2 Å². The molecular formula is C18H24N4O3. The van der Waals surface area contributed by atoms with Crippen LogP contribution in [-0.2, 0) is 0 Å². The number of nitrogens with zero attached hydrogens (tertiary/aromatic N) is 2. The highest BCUT2D eigenvalue weighted by Crippen LogP contribution is 2.30. The smallest absolute Gasteiger partial charge is 0.270 e. The van der Waals surface area contributed by atoms with Gasteiger partial charge in [0.25, 0.3) is 5.91 Å². The minimum Gasteiger partial charge on any atom is -0.497 e. The molecule has 7 heteroatoms. The average molecular weight is 344 g/mol. The maximum atomic E-state index is 12.2. The summed E-state index contributed by atoms with van der Waals surface area (Å²) in [7, 11) is 3.17. The van der Waals surface area contributed by atoms with E-state index in [1.807, 2.05) is 12.1 Å². The van der Waals surface area contributed by atoms with Crippen molar-refractivity contribution in [1.29, 1.82) is 0 Å². The zero-order valence-electron chi connectivity index (χ0n) is 15.0. The first-order valence-corrected chi connectivity index (χ1v) is 8.12. The standard InChI is InChI=1S/C18H24N4O3/c1-12(2)7-8-19-18(23)15-10-17(21-11-20-15)22-14-6-5-13(24-3)9-16(14)25-4/h5-6,9-12H,7-8H2,1-4H3,(H,19,23)(H,20,21,22). The molecule has 0 unspecified atom stereocenters. The fraction of sp³-hybridized carbons (Fsp3) is 0.389. The number of hydrogen-bond acceptors (Lipinski definition) is 6. The third kappa shape index (κ3) is 5.34. The lowest BCUT2D eigenvalue weighted by atomic mass is 10.1. The van der Waals surface area contributed by atoms with E-state index in [9.17, 15) is 4.79 Å². The summed E-state index contributed by atoms with van der Waals surface area (Å²) in [6, 6.07) is 7.01. The number of carbonyl (C=O) groups excluding carboxylic acids is 1. The summed E-state index contributed by atoms with van der Waals surface area (Å²) >= 11 is 0. The van der Waals surface area contributed by atoms with Crippen LogP contribution < -0.4 is 20.1 Å². The molecule has 134 valence electrons. The molecule has 2 aromatic rings. The van der Waals surface area contributed by atoms with Crippen molar-refractivity contribution >= 4 is 17.4 Å². The van der Waals surface area contributed by atoms with Gasteiger partial charge < -0.3 is 20.1 Å². The number of benzene rings is 1. The molecule has 0 atom stereocenters. The van der Waals surface area contributed by atoms with Crippen molar-refractivity contribution in [2.24, 2.45) is 5.92 Å². The van der Waals surface area contributed by atoms with Gasteiger partial charge in [-0.15, -0.1) is 0 Å². The minimum atomic E-state index is -0.215. The molecule has 1 aromatic carbocycles. The summed E-state index contributed by atoms with van der Waals surface area (Å²) in [6.07, 6.45) is 2.28. The maximum absolute atomic E-state index is 12.2. The zero-order chi connectivity index (χ0) is 18.2. The molecule has 0 radical (unpaired) electrons. The lowest BCUT2D eigenvalue weighted by molar-refractivity contribution is 0.0947. The molecule has 0 bridgehead atoms. The van der Waals surface area contributed by atoms with Gasteiger partial charge in [-0.1, -0.05) is 13.8 Å². The van der Waals surface area contributed by atoms with Crippen molar-refractivity contribution in [2.45, 2.75) is 20.3 Å². The van der Waals surface area contributed by atoms with Crippen molar-refractivity contribution in [1.82, 2.24) is 15.3 Å². The lowest BCUT2D eigenvalue weighted by Crippen LogP contribution is -2.26. The van der Waals surface area contributed by atoms with Crippen LogP contribution in [0.25, 0.3) is 0 Å². The molecule has 1 amide bonds. The second-order valence-electron chi connectivity index (χ2n) is 5.92. The minimum absolute atomic E-state index is 0.215. The van der Waals surface area contributed by atoms with E-state index in [-0.39, 0.29) is 5.91 Å². The van der Waals surface area contributed by atoms with Crippen LogP contribution in [0.2, 0.25) is 0 Å². The van der Waals surface area contributed by atoms with Crippen molar-refractivity contribution in [3.63, 3.8) is 0 Å². The number of carbonyl (C=O) groups is 1. The Balaban J connectivity index is 2.10. The summed E-state index contributed by atoms with van der Waals surface area (Å²) in [6.45, 7) is 4.85. The first kappa shape index (κ1) is 18.5. The summed E-state index contributed by atoms with van der Waals surface area (Å²) in [5, 5.41) is 5.99. The third-order valence-electron chi connectivity index (χ3n) is 3.58. The molecule has 0 spiro atoms. The van der Waals surface area contributed by atoms with Crippen LogP contribution in [0, 0.1) is 5.92 Å². The molecule has 2 rings (SSSR count). The van der Waals surface area contributed by atoms with Gasteiger partial charge in [0, 0.05) is 18.7 Å². The summed E-state index contributed by atoms with van der Waals surface area (Å²) in [4.78, 5) is 20.4. The van der Waals surface area contributed by atoms with Crippen molar-refractivity contribution < 1.29 is 14.3 Å². The van der Waals surface area contributed by atoms with Crippen LogP contribution in [0.15, 0.2) is 30.6 Å². The Morgan fingerprint density at radius 1 is 1.16 bits per heavy atom. The monoisotopic (exact) mass is 344 g/mol. The Hall–Kier alpha value is -2.83. The van der Waals surface area contributed by atoms with E-state index in [2.05, 4.69) is 34.4 Å². The van der Waals surface area contributed by atoms with E-state index in [0.717, 1.165) is 6.42 Å². The molecule has 0 aliphatic rings. The quantitative estimate of drug-likeness (QED) is 0.766. The maximum Gasteiger partial charge on any atom is 0.270 e. The topological polar surface area (TPSA) is 85.4 Å². The Morgan fingerprint density at radius 2 is 1.96 bits per heavy atom. The molecule has 0 saturated heterocycles. The average Bonchev–Trinajstić information content (AvgIpc) is 2.62. The largest absolute Gasteiger partial charge is 0.497 e. The molecule has 7 nitrogen and oxygen atoms in total. The van der Waals surface area contributed by atoms with Crippen LogP contribution in [0.1, 0.15) is 30.8 Å². The van der Waals surface area contributed by atoms with Crippen LogP contribution in [0.5, 0.6) is 11.5 Å². The number of rotatable bonds is 8. The molecule has 1 aromatic heterocycles. The molecule has 1 heterocycles. The normalized spacial score (nSPS) is 10.4. The van der Waals surface area contributed by atoms with Crippen LogP contribution in [0.3, 0.4) is 0 Å². The number of hydrogen-bond donors (Lipinski definition) is 2. The second kappa shape index (κ2) is 8.86. The van der Waals surface area contributed by atoms with E-state index in [1.54, 1.807) is 26.4 Å². The molecular weight excluding hydrogens is 320 g/mol. The molecule has 2 N–H and O–H groups in total. The molecule has 0 fully saturated rings. The Kier molecular flexibility index (Phi) is 6.56. The van der Waals surface area contributed by atoms with Crippen molar-refractivity contribution in [3.8, 4) is 11.5 Å². The van der Waals surface area contributed by atoms with E-state index in [4.69, 9.17) is 9.47 Å². The Labute approximate surface area is 147 Å². The number of ether oxygens (including phenoxy) is 2. The molecule has 0 aliphatic carbocycles. The van der Waals surface area contributed by atoms with Gasteiger partial charge in [0.15, 0.2) is 0 Å². The van der Waals surface area contributed by atoms with Crippen LogP contribution >= 0.6 is 0 Å². The fourth-order valence-electron chi connectivity index (χ4n) is 2.15. The van der Waals surface area contributed by atoms with Gasteiger partial charge in [-0.05, 0) is 24.5 Å². The summed E-state index contributed by atoms with van der Waals surface area (Å²) in [5.74, 6) is 2.13. The number of amides is 1. The first-order chi connectivity index (χ1) is 12.0. The molecule has 0 saturated carbocycles. The van der Waals surface area contributed by atoms with Gasteiger partial charge in [0.05, 0.1) is 19.9 Å². The number of aromatic nitrogens is 2. The third-order valence-corrected chi connectivity index (χ3v) is 3.58. The van der Waals surface area contributed by atoms with Crippen molar-refractivity contribution in [2.75, 3.05) is 26.1 Å². The Bertz CT molecular complexity index is 719. The number of anilines is 2. The van der Waals surface area contributed by atoms with Crippen LogP contribution in [0.4, 0.5) is 11.5 Å². The second-order valence-corrected chi connectivity index (χ2v) is 5.92. The highest BCUT2D eigenvalue weighted by Gasteiger charge is 2.11. The number of nitrogens with one attached hydrogen (secondary N) is 2. The lowest BCUT2D eigenvalue weighted by Gasteiger charge is -2.12. The highest BCUT2D eigenvalue weighted by atomic mass is 16.5. The van der Waals surface area contributed by atoms with Gasteiger partial charge in [0.1, 0.15) is 29.3 Å². The molecule has 25 heavy (non-hydrogen) atoms. The van der Waals surface area contributed by atoms with Gasteiger partial charge >= 0.3 is 0 Å². The van der Waals surface area contributed by atoms with Gasteiger partial charge in [0.2, 0.25) is 0 Å². The van der Waals surface area contributed by atoms with Gasteiger partial charge in [-0.2, -0.15) is 0 Å². The first-order valence-electron chi connectivity index (χ1n) is 8.12. The van der Waals surface area contributed by atoms with E-state index in [1.165, 1.54) is 6.33 Å². The van der Waals surface area contributed by atoms with E-state index < -0.39 is 0 Å². The van der Waals surface area contributed by atoms with Gasteiger partial charge in [-0.3, -0.25) is 4.79 Å². The summed E-state index contributed by atoms with van der Waals surface area (Å²) in [5.41, 5.74) is 1.03. The highest BCUT2D eigenvalue weighted by molar-refractivity contribution is 5.93. The SMILES string of the molecule is COc1ccc(Nc2cc(C(=O)NCCC(C)C)ncn2)c(OC)c1. The van der Waals surface area contributed by atoms with Crippen molar-refractivity contribution in [3.05, 3.63) is 36.3 Å². The zero-order valence-corrected chi connectivity index (χ0v) is 15.0. The van der Waals surface area contributed by atoms with Gasteiger partial charge in [-0.25, -0.2) is 9.97 Å². The predicted molar refractivity (Wildman–Crippen MR) is 96.6 cm³/mol. The van der Waals surface area contributed by atoms with Crippen LogP contribution in [-0.4, -0.2) is 36.6 Å². The molecule has 0 aliphatic heterocycles. The number of methoxy groups -OCH3 is 2. The Morgan fingerprint density at radius 3 is 2.64 bits per heavy atom. The predicted octanol–water partition coefficient (Wildman–Crippen LogP) is 3.01. The fourth-order valence-corrected chi connectivity index (χ4v) is 2.15. The van der Waals surface area contributed by atoms with E-state index >= 15 is 0 Å². The summed E-state index contributed by atoms with van der Waals surface area (Å²) < 4.78 is 10.5.